The molecule has 2 heterocycles. The number of benzene rings is 3. The lowest BCUT2D eigenvalue weighted by Crippen LogP contribution is -2.56. The van der Waals surface area contributed by atoms with E-state index in [0.717, 1.165) is 29.5 Å². The Kier molecular flexibility index (Phi) is 20.6. The lowest BCUT2D eigenvalue weighted by Gasteiger charge is -2.36. The third kappa shape index (κ3) is 16.0. The van der Waals surface area contributed by atoms with E-state index >= 15 is 0 Å². The zero-order chi connectivity index (χ0) is 46.9. The highest BCUT2D eigenvalue weighted by molar-refractivity contribution is 5.98. The van der Waals surface area contributed by atoms with Crippen LogP contribution in [0.5, 0.6) is 0 Å². The van der Waals surface area contributed by atoms with E-state index in [2.05, 4.69) is 22.6 Å². The maximum Gasteiger partial charge on any atom is 0.316 e. The third-order valence-electron chi connectivity index (χ3n) is 11.4. The van der Waals surface area contributed by atoms with Crippen LogP contribution in [0.3, 0.4) is 0 Å². The first-order chi connectivity index (χ1) is 29.8. The molecule has 63 heavy (non-hydrogen) atoms. The highest BCUT2D eigenvalue weighted by Gasteiger charge is 2.41. The van der Waals surface area contributed by atoms with Crippen molar-refractivity contribution in [1.82, 2.24) is 21.0 Å². The molecule has 344 valence electrons. The van der Waals surface area contributed by atoms with Crippen LogP contribution in [0.1, 0.15) is 101 Å². The van der Waals surface area contributed by atoms with E-state index < -0.39 is 47.2 Å². The number of nitrogens with one attached hydrogen (secondary N) is 3. The number of hydroxylamine groups is 1. The summed E-state index contributed by atoms with van der Waals surface area (Å²) >= 11 is 0. The third-order valence-corrected chi connectivity index (χ3v) is 11.4. The molecular weight excluding hydrogens is 809 g/mol. The zero-order valence-corrected chi connectivity index (χ0v) is 37.5. The Morgan fingerprint density at radius 2 is 1.33 bits per heavy atom. The standard InChI is InChI=1S/C17H23NO3.C16H14O3.C15H29N3O5/c1-18-13-7-8-14(18)10-15(9-13)21-17(20)16(11-19)12-5-3-2-4-6-12;17-15(10-11-16(18)19)14-8-6-13(7-9-14)12-4-2-1-3-5-12;1-8(2)7-9(10(19)13(21)18-23)12(20)17-11(14(22)16-6)15(3,4)5/h2-6,13-16,19H,7-11H2,1H3;1-9H,10-11H2,(H,18,19);8-11,19,23H,7H2,1-6H3,(H,16,22)(H,17,20)(H,18,21)/t13-,14+,15+,16?;;9-,10+,11-/m..1/s1. The van der Waals surface area contributed by atoms with E-state index in [1.807, 2.05) is 86.6 Å². The van der Waals surface area contributed by atoms with Crippen LogP contribution in [0.4, 0.5) is 0 Å². The summed E-state index contributed by atoms with van der Waals surface area (Å²) in [6.45, 7) is 8.85. The van der Waals surface area contributed by atoms with Gasteiger partial charge in [0.25, 0.3) is 5.91 Å². The van der Waals surface area contributed by atoms with Crippen LogP contribution in [0.25, 0.3) is 11.1 Å². The number of nitrogens with zero attached hydrogens (tertiary/aromatic N) is 1. The lowest BCUT2D eigenvalue weighted by atomic mass is 9.84. The number of ketones is 1. The molecule has 2 fully saturated rings. The smallest absolute Gasteiger partial charge is 0.316 e. The van der Waals surface area contributed by atoms with Crippen LogP contribution < -0.4 is 16.1 Å². The Morgan fingerprint density at radius 3 is 1.81 bits per heavy atom. The SMILES string of the molecule is CN1[C@@H]2CC[C@H]1C[C@@H](OC(=O)C(CO)c1ccccc1)C2.CNC(=O)[C@@H](NC(=O)[C@H](CC(C)C)[C@H](O)C(=O)NO)C(C)(C)C.O=C(O)CCC(=O)c1ccc(-c2ccccc2)cc1. The number of aliphatic hydroxyl groups is 2. The summed E-state index contributed by atoms with van der Waals surface area (Å²) in [6, 6.07) is 26.8. The van der Waals surface area contributed by atoms with Crippen LogP contribution in [-0.2, 0) is 28.7 Å². The number of hydrogen-bond acceptors (Lipinski definition) is 11. The first-order valence-corrected chi connectivity index (χ1v) is 21.4. The van der Waals surface area contributed by atoms with Gasteiger partial charge in [0.15, 0.2) is 5.78 Å². The maximum atomic E-state index is 12.5. The molecule has 3 aromatic rings. The number of carboxylic acids is 1. The molecule has 3 aromatic carbocycles. The number of Topliss-reactive ketones (excluding diaryl/α,β-unsaturated/α-hetero) is 1. The monoisotopic (exact) mass is 874 g/mol. The van der Waals surface area contributed by atoms with E-state index in [9.17, 15) is 39.0 Å². The van der Waals surface area contributed by atoms with Gasteiger partial charge in [-0.05, 0) is 67.2 Å². The summed E-state index contributed by atoms with van der Waals surface area (Å²) in [6.07, 6.45) is 2.70. The number of likely N-dealkylation sites (N-methyl/N-ethyl adjacent to an activating group) is 1. The fraction of sp³-hybridized carbons (Fsp3) is 0.500. The second kappa shape index (κ2) is 25.0. The average Bonchev–Trinajstić information content (AvgIpc) is 3.45. The predicted octanol–water partition coefficient (Wildman–Crippen LogP) is 5.12. The Balaban J connectivity index is 0.000000252. The number of aliphatic hydroxyl groups excluding tert-OH is 2. The molecule has 0 aromatic heterocycles. The fourth-order valence-electron chi connectivity index (χ4n) is 7.75. The van der Waals surface area contributed by atoms with Crippen molar-refractivity contribution >= 4 is 35.4 Å². The highest BCUT2D eigenvalue weighted by Crippen LogP contribution is 2.36. The number of fused-ring (bicyclic) bond motifs is 2. The molecule has 0 aliphatic carbocycles. The summed E-state index contributed by atoms with van der Waals surface area (Å²) in [7, 11) is 3.63. The van der Waals surface area contributed by atoms with Gasteiger partial charge < -0.3 is 35.6 Å². The Hall–Kier alpha value is -5.48. The van der Waals surface area contributed by atoms with Crippen molar-refractivity contribution in [2.45, 2.75) is 116 Å². The fourth-order valence-corrected chi connectivity index (χ4v) is 7.75. The largest absolute Gasteiger partial charge is 0.481 e. The topological polar surface area (TPSA) is 232 Å². The Bertz CT molecular complexity index is 1920. The van der Waals surface area contributed by atoms with Gasteiger partial charge in [-0.25, -0.2) is 5.48 Å². The van der Waals surface area contributed by atoms with E-state index in [1.54, 1.807) is 32.9 Å². The van der Waals surface area contributed by atoms with Crippen LogP contribution in [0, 0.1) is 17.3 Å². The van der Waals surface area contributed by atoms with Gasteiger partial charge in [-0.1, -0.05) is 120 Å². The maximum absolute atomic E-state index is 12.5. The molecule has 2 aliphatic heterocycles. The van der Waals surface area contributed by atoms with Gasteiger partial charge in [0.2, 0.25) is 11.8 Å². The molecule has 2 saturated heterocycles. The molecule has 0 radical (unpaired) electrons. The van der Waals surface area contributed by atoms with Gasteiger partial charge in [0.1, 0.15) is 24.2 Å². The quantitative estimate of drug-likeness (QED) is 0.0430. The minimum atomic E-state index is -1.70. The van der Waals surface area contributed by atoms with Gasteiger partial charge in [-0.15, -0.1) is 0 Å². The molecule has 0 saturated carbocycles. The van der Waals surface area contributed by atoms with E-state index in [-0.39, 0.29) is 55.6 Å². The van der Waals surface area contributed by atoms with Gasteiger partial charge in [-0.2, -0.15) is 0 Å². The summed E-state index contributed by atoms with van der Waals surface area (Å²) in [5.41, 5.74) is 4.29. The summed E-state index contributed by atoms with van der Waals surface area (Å²) in [5, 5.41) is 41.8. The van der Waals surface area contributed by atoms with Crippen LogP contribution in [-0.4, -0.2) is 112 Å². The zero-order valence-electron chi connectivity index (χ0n) is 37.5. The van der Waals surface area contributed by atoms with Crippen molar-refractivity contribution < 1.29 is 54.0 Å². The van der Waals surface area contributed by atoms with Gasteiger partial charge >= 0.3 is 11.9 Å². The van der Waals surface area contributed by atoms with Crippen LogP contribution in [0.15, 0.2) is 84.9 Å². The van der Waals surface area contributed by atoms with Crippen molar-refractivity contribution in [1.29, 1.82) is 0 Å². The average molecular weight is 875 g/mol. The molecule has 7 N–H and O–H groups in total. The number of carboxylic acid groups (broad SMARTS) is 1. The number of aliphatic carboxylic acids is 1. The molecule has 7 atom stereocenters. The number of carbonyl (C=O) groups is 6. The lowest BCUT2D eigenvalue weighted by molar-refractivity contribution is -0.155. The first kappa shape index (κ1) is 51.9. The van der Waals surface area contributed by atoms with E-state index in [4.69, 9.17) is 15.1 Å². The number of carbonyl (C=O) groups excluding carboxylic acids is 5. The second-order valence-electron chi connectivity index (χ2n) is 17.6. The van der Waals surface area contributed by atoms with Crippen molar-refractivity contribution in [2.75, 3.05) is 20.7 Å². The van der Waals surface area contributed by atoms with Crippen LogP contribution in [0.2, 0.25) is 0 Å². The molecule has 15 nitrogen and oxygen atoms in total. The molecular formula is C48H66N4O11. The van der Waals surface area contributed by atoms with Gasteiger partial charge in [0, 0.05) is 31.1 Å². The normalized spacial score (nSPS) is 18.7. The molecule has 3 amide bonds. The Labute approximate surface area is 370 Å². The number of hydrogen-bond donors (Lipinski definition) is 7. The molecule has 1 unspecified atom stereocenters. The predicted molar refractivity (Wildman–Crippen MR) is 237 cm³/mol. The number of piperidine rings is 1. The minimum absolute atomic E-state index is 0.00367. The number of esters is 1. The van der Waals surface area contributed by atoms with Crippen molar-refractivity contribution in [3.05, 3.63) is 96.1 Å². The van der Waals surface area contributed by atoms with Gasteiger partial charge in [0.05, 0.1) is 18.9 Å². The number of rotatable bonds is 16. The molecule has 5 rings (SSSR count). The summed E-state index contributed by atoms with van der Waals surface area (Å²) in [4.78, 5) is 72.9. The first-order valence-electron chi connectivity index (χ1n) is 21.4. The number of amides is 3. The van der Waals surface area contributed by atoms with Crippen LogP contribution >= 0.6 is 0 Å². The molecule has 2 aliphatic rings. The second-order valence-corrected chi connectivity index (χ2v) is 17.6. The van der Waals surface area contributed by atoms with Gasteiger partial charge in [-0.3, -0.25) is 34.0 Å². The van der Waals surface area contributed by atoms with Crippen molar-refractivity contribution in [2.24, 2.45) is 17.3 Å². The minimum Gasteiger partial charge on any atom is -0.481 e. The summed E-state index contributed by atoms with van der Waals surface area (Å²) in [5.74, 6) is -5.03. The van der Waals surface area contributed by atoms with Crippen molar-refractivity contribution in [3.8, 4) is 11.1 Å². The molecule has 2 bridgehead atoms. The van der Waals surface area contributed by atoms with E-state index in [0.29, 0.717) is 17.6 Å². The Morgan fingerprint density at radius 1 is 0.794 bits per heavy atom. The number of ether oxygens (including phenoxy) is 1. The van der Waals surface area contributed by atoms with E-state index in [1.165, 1.54) is 25.4 Å². The summed E-state index contributed by atoms with van der Waals surface area (Å²) < 4.78 is 5.70. The molecule has 0 spiro atoms. The highest BCUT2D eigenvalue weighted by atomic mass is 16.5. The molecule has 15 heteroatoms. The van der Waals surface area contributed by atoms with Crippen molar-refractivity contribution in [3.63, 3.8) is 0 Å².